The Morgan fingerprint density at radius 1 is 0.929 bits per heavy atom. The van der Waals surface area contributed by atoms with Gasteiger partial charge in [0.25, 0.3) is 0 Å². The molecule has 86 valence electrons. The molecule has 0 rings (SSSR count). The minimum absolute atomic E-state index is 0.750. The fourth-order valence-corrected chi connectivity index (χ4v) is 1.28. The van der Waals surface area contributed by atoms with Gasteiger partial charge in [0, 0.05) is 0 Å². The molecule has 2 nitrogen and oxygen atoms in total. The maximum atomic E-state index is 8.81. The number of nitrogens with two attached hydrogens (primary N) is 1. The third kappa shape index (κ3) is 22.6. The van der Waals surface area contributed by atoms with Gasteiger partial charge >= 0.3 is 0 Å². The molecule has 2 heteroatoms. The minimum atomic E-state index is 0.750. The molecule has 0 aromatic carbocycles. The lowest BCUT2D eigenvalue weighted by Gasteiger charge is -1.99. The van der Waals surface area contributed by atoms with Crippen LogP contribution in [0.25, 0.3) is 0 Å². The number of unbranched alkanes of at least 4 members (excludes halogenated alkanes) is 7. The molecule has 0 radical (unpaired) electrons. The van der Waals surface area contributed by atoms with E-state index in [2.05, 4.69) is 6.92 Å². The van der Waals surface area contributed by atoms with Gasteiger partial charge in [-0.25, -0.2) is 0 Å². The van der Waals surface area contributed by atoms with Crippen LogP contribution in [0.2, 0.25) is 0 Å². The van der Waals surface area contributed by atoms with Crippen molar-refractivity contribution >= 4 is 6.29 Å². The number of carbonyl (C=O) groups excluding carboxylic acids is 1. The van der Waals surface area contributed by atoms with Crippen molar-refractivity contribution in [3.05, 3.63) is 0 Å². The fraction of sp³-hybridized carbons (Fsp3) is 0.917. The highest BCUT2D eigenvalue weighted by molar-refractivity contribution is 5.44. The molecule has 0 atom stereocenters. The molecule has 0 aromatic rings. The SMILES string of the molecule is CC=O.CCCCCCCCCCN. The first kappa shape index (κ1) is 16.1. The molecule has 0 aliphatic rings. The van der Waals surface area contributed by atoms with E-state index in [0.29, 0.717) is 0 Å². The van der Waals surface area contributed by atoms with Crippen LogP contribution in [0.4, 0.5) is 0 Å². The predicted molar refractivity (Wildman–Crippen MR) is 63.4 cm³/mol. The van der Waals surface area contributed by atoms with Crippen molar-refractivity contribution in [2.45, 2.75) is 65.2 Å². The second-order valence-corrected chi connectivity index (χ2v) is 3.50. The quantitative estimate of drug-likeness (QED) is 0.483. The van der Waals surface area contributed by atoms with Crippen LogP contribution in [-0.4, -0.2) is 12.8 Å². The molecule has 0 aliphatic heterocycles. The second kappa shape index (κ2) is 18.4. The van der Waals surface area contributed by atoms with Gasteiger partial charge in [-0.3, -0.25) is 0 Å². The van der Waals surface area contributed by atoms with Gasteiger partial charge in [-0.05, 0) is 19.9 Å². The van der Waals surface area contributed by atoms with Crippen LogP contribution in [0.1, 0.15) is 65.2 Å². The maximum absolute atomic E-state index is 8.81. The Kier molecular flexibility index (Phi) is 21.2. The summed E-state index contributed by atoms with van der Waals surface area (Å²) in [6.45, 7) is 4.57. The number of hydrogen-bond donors (Lipinski definition) is 1. The Balaban J connectivity index is 0. The van der Waals surface area contributed by atoms with Crippen LogP contribution in [0.3, 0.4) is 0 Å². The number of rotatable bonds is 8. The van der Waals surface area contributed by atoms with E-state index in [1.165, 1.54) is 58.3 Å². The fourth-order valence-electron chi connectivity index (χ4n) is 1.28. The first-order valence-corrected chi connectivity index (χ1v) is 5.93. The summed E-state index contributed by atoms with van der Waals surface area (Å²) in [5.74, 6) is 0. The van der Waals surface area contributed by atoms with Gasteiger partial charge in [-0.1, -0.05) is 51.9 Å². The molecule has 0 fully saturated rings. The van der Waals surface area contributed by atoms with E-state index >= 15 is 0 Å². The summed E-state index contributed by atoms with van der Waals surface area (Å²) in [4.78, 5) is 8.81. The van der Waals surface area contributed by atoms with Gasteiger partial charge in [0.1, 0.15) is 6.29 Å². The zero-order valence-electron chi connectivity index (χ0n) is 9.93. The molecule has 0 unspecified atom stereocenters. The van der Waals surface area contributed by atoms with Crippen LogP contribution < -0.4 is 5.73 Å². The summed E-state index contributed by atoms with van der Waals surface area (Å²) < 4.78 is 0. The molecular formula is C12H27NO. The molecule has 14 heavy (non-hydrogen) atoms. The summed E-state index contributed by atoms with van der Waals surface area (Å²) in [6.07, 6.45) is 11.7. The minimum Gasteiger partial charge on any atom is -0.330 e. The Bertz CT molecular complexity index is 86.3. The van der Waals surface area contributed by atoms with Gasteiger partial charge in [0.2, 0.25) is 0 Å². The summed E-state index contributed by atoms with van der Waals surface area (Å²) in [6, 6.07) is 0. The third-order valence-corrected chi connectivity index (χ3v) is 2.06. The van der Waals surface area contributed by atoms with E-state index in [4.69, 9.17) is 10.5 Å². The average Bonchev–Trinajstić information content (AvgIpc) is 2.18. The third-order valence-electron chi connectivity index (χ3n) is 2.06. The lowest BCUT2D eigenvalue weighted by molar-refractivity contribution is -0.106. The van der Waals surface area contributed by atoms with Crippen molar-refractivity contribution in [1.82, 2.24) is 0 Å². The Morgan fingerprint density at radius 2 is 1.29 bits per heavy atom. The van der Waals surface area contributed by atoms with E-state index < -0.39 is 0 Å². The van der Waals surface area contributed by atoms with Crippen LogP contribution in [0.15, 0.2) is 0 Å². The topological polar surface area (TPSA) is 43.1 Å². The maximum Gasteiger partial charge on any atom is 0.116 e. The number of aldehydes is 1. The largest absolute Gasteiger partial charge is 0.330 e. The summed E-state index contributed by atoms with van der Waals surface area (Å²) >= 11 is 0. The van der Waals surface area contributed by atoms with Crippen LogP contribution in [-0.2, 0) is 4.79 Å². The predicted octanol–water partition coefficient (Wildman–Crippen LogP) is 3.29. The molecule has 0 amide bonds. The highest BCUT2D eigenvalue weighted by Crippen LogP contribution is 2.07. The van der Waals surface area contributed by atoms with Gasteiger partial charge < -0.3 is 10.5 Å². The van der Waals surface area contributed by atoms with E-state index in [1.807, 2.05) is 0 Å². The molecule has 0 saturated carbocycles. The van der Waals surface area contributed by atoms with E-state index in [0.717, 1.165) is 12.8 Å². The van der Waals surface area contributed by atoms with Gasteiger partial charge in [-0.15, -0.1) is 0 Å². The van der Waals surface area contributed by atoms with Gasteiger partial charge in [0.15, 0.2) is 0 Å². The van der Waals surface area contributed by atoms with Crippen molar-refractivity contribution in [2.24, 2.45) is 5.73 Å². The van der Waals surface area contributed by atoms with Crippen molar-refractivity contribution < 1.29 is 4.79 Å². The summed E-state index contributed by atoms with van der Waals surface area (Å²) in [7, 11) is 0. The smallest absolute Gasteiger partial charge is 0.116 e. The first-order valence-electron chi connectivity index (χ1n) is 5.93. The van der Waals surface area contributed by atoms with E-state index in [-0.39, 0.29) is 0 Å². The molecule has 0 heterocycles. The number of hydrogen-bond acceptors (Lipinski definition) is 2. The molecule has 0 bridgehead atoms. The standard InChI is InChI=1S/C10H23N.C2H4O/c1-2-3-4-5-6-7-8-9-10-11;1-2-3/h2-11H2,1H3;2H,1H3. The van der Waals surface area contributed by atoms with Crippen molar-refractivity contribution in [2.75, 3.05) is 6.54 Å². The highest BCUT2D eigenvalue weighted by Gasteiger charge is 1.89. The first-order chi connectivity index (χ1) is 6.83. The Morgan fingerprint density at radius 3 is 1.64 bits per heavy atom. The van der Waals surface area contributed by atoms with Crippen molar-refractivity contribution in [3.8, 4) is 0 Å². The second-order valence-electron chi connectivity index (χ2n) is 3.50. The van der Waals surface area contributed by atoms with Crippen LogP contribution in [0.5, 0.6) is 0 Å². The molecular weight excluding hydrogens is 174 g/mol. The average molecular weight is 201 g/mol. The Hall–Kier alpha value is -0.370. The zero-order chi connectivity index (χ0) is 11.1. The molecule has 0 saturated heterocycles. The normalized spacial score (nSPS) is 9.07. The Labute approximate surface area is 89.3 Å². The molecule has 0 aliphatic carbocycles. The summed E-state index contributed by atoms with van der Waals surface area (Å²) in [5.41, 5.74) is 5.39. The molecule has 0 aromatic heterocycles. The van der Waals surface area contributed by atoms with E-state index in [9.17, 15) is 0 Å². The van der Waals surface area contributed by atoms with Gasteiger partial charge in [-0.2, -0.15) is 0 Å². The summed E-state index contributed by atoms with van der Waals surface area (Å²) in [5, 5.41) is 0. The molecule has 2 N–H and O–H groups in total. The lowest BCUT2D eigenvalue weighted by Crippen LogP contribution is -1.97. The van der Waals surface area contributed by atoms with Crippen molar-refractivity contribution in [3.63, 3.8) is 0 Å². The monoisotopic (exact) mass is 201 g/mol. The molecule has 0 spiro atoms. The van der Waals surface area contributed by atoms with Crippen LogP contribution >= 0.6 is 0 Å². The van der Waals surface area contributed by atoms with Crippen molar-refractivity contribution in [1.29, 1.82) is 0 Å². The lowest BCUT2D eigenvalue weighted by atomic mass is 10.1. The van der Waals surface area contributed by atoms with E-state index in [1.54, 1.807) is 0 Å². The van der Waals surface area contributed by atoms with Gasteiger partial charge in [0.05, 0.1) is 0 Å². The number of carbonyl (C=O) groups is 1. The highest BCUT2D eigenvalue weighted by atomic mass is 16.1. The zero-order valence-corrected chi connectivity index (χ0v) is 9.93. The van der Waals surface area contributed by atoms with Crippen LogP contribution in [0, 0.1) is 0 Å².